The third-order valence-electron chi connectivity index (χ3n) is 3.32. The second-order valence-electron chi connectivity index (χ2n) is 4.71. The number of carbonyl (C=O) groups excluding carboxylic acids is 1. The average molecular weight is 350 g/mol. The minimum absolute atomic E-state index is 0.0685. The molecule has 0 radical (unpaired) electrons. The van der Waals surface area contributed by atoms with E-state index in [1.165, 1.54) is 16.7 Å². The van der Waals surface area contributed by atoms with Crippen molar-refractivity contribution in [2.24, 2.45) is 0 Å². The summed E-state index contributed by atoms with van der Waals surface area (Å²) >= 11 is 8.07. The Morgan fingerprint density at radius 2 is 2.05 bits per heavy atom. The number of rotatable bonds is 3. The van der Waals surface area contributed by atoms with Crippen molar-refractivity contribution in [3.63, 3.8) is 0 Å². The molecular weight excluding hydrogens is 336 g/mol. The Hall–Kier alpha value is -1.28. The molecule has 0 aliphatic carbocycles. The summed E-state index contributed by atoms with van der Waals surface area (Å²) in [7, 11) is 1.68. The van der Waals surface area contributed by atoms with Crippen molar-refractivity contribution < 1.29 is 9.90 Å². The smallest absolute Gasteiger partial charge is 0.265 e. The van der Waals surface area contributed by atoms with Crippen LogP contribution >= 0.6 is 35.7 Å². The molecule has 0 aromatic heterocycles. The molecule has 0 bridgehead atoms. The number of hydrogen-bond donors (Lipinski definition) is 1. The number of carbonyl (C=O) groups is 1. The van der Waals surface area contributed by atoms with Gasteiger partial charge in [-0.3, -0.25) is 9.69 Å². The fraction of sp³-hybridized carbons (Fsp3) is 0.200. The van der Waals surface area contributed by atoms with Gasteiger partial charge in [0.15, 0.2) is 0 Å². The van der Waals surface area contributed by atoms with E-state index in [1.807, 2.05) is 24.3 Å². The molecule has 1 aromatic rings. The van der Waals surface area contributed by atoms with Gasteiger partial charge in [-0.1, -0.05) is 47.9 Å². The molecule has 0 atom stereocenters. The van der Waals surface area contributed by atoms with Crippen molar-refractivity contribution in [1.82, 2.24) is 4.90 Å². The highest BCUT2D eigenvalue weighted by Gasteiger charge is 2.29. The van der Waals surface area contributed by atoms with Crippen LogP contribution in [0.25, 0.3) is 0 Å². The van der Waals surface area contributed by atoms with E-state index in [4.69, 9.17) is 12.2 Å². The van der Waals surface area contributed by atoms with Crippen molar-refractivity contribution in [2.75, 3.05) is 25.1 Å². The predicted octanol–water partition coefficient (Wildman–Crippen LogP) is 2.81. The van der Waals surface area contributed by atoms with Crippen molar-refractivity contribution in [1.29, 1.82) is 0 Å². The summed E-state index contributed by atoms with van der Waals surface area (Å²) < 4.78 is 0.573. The van der Waals surface area contributed by atoms with Gasteiger partial charge in [-0.25, -0.2) is 0 Å². The highest BCUT2D eigenvalue weighted by Crippen LogP contribution is 2.45. The number of benzene rings is 1. The molecule has 7 heteroatoms. The molecule has 3 rings (SSSR count). The fourth-order valence-electron chi connectivity index (χ4n) is 2.21. The van der Waals surface area contributed by atoms with Crippen molar-refractivity contribution >= 4 is 51.7 Å². The van der Waals surface area contributed by atoms with E-state index in [-0.39, 0.29) is 12.5 Å². The summed E-state index contributed by atoms with van der Waals surface area (Å²) in [6, 6.07) is 8.06. The Balaban J connectivity index is 1.89. The molecule has 1 saturated heterocycles. The van der Waals surface area contributed by atoms with Gasteiger partial charge < -0.3 is 10.0 Å². The molecule has 2 aliphatic heterocycles. The number of thiocarbonyl (C=S) groups is 1. The van der Waals surface area contributed by atoms with Crippen LogP contribution in [-0.2, 0) is 4.79 Å². The van der Waals surface area contributed by atoms with E-state index in [0.29, 0.717) is 15.8 Å². The first-order valence-electron chi connectivity index (χ1n) is 6.69. The van der Waals surface area contributed by atoms with Crippen LogP contribution in [0.2, 0.25) is 0 Å². The number of β-amino-alcohol motifs (C(OH)–C–C–N with tert-alkyl or cyclic N) is 1. The lowest BCUT2D eigenvalue weighted by atomic mass is 10.3. The molecule has 22 heavy (non-hydrogen) atoms. The van der Waals surface area contributed by atoms with Crippen LogP contribution in [0.5, 0.6) is 0 Å². The number of amides is 1. The van der Waals surface area contributed by atoms with E-state index in [0.717, 1.165) is 15.6 Å². The molecule has 1 N–H and O–H groups in total. The monoisotopic (exact) mass is 350 g/mol. The Labute approximate surface area is 142 Å². The number of nitrogens with zero attached hydrogens (tertiary/aromatic N) is 2. The van der Waals surface area contributed by atoms with Gasteiger partial charge >= 0.3 is 0 Å². The molecule has 1 aromatic carbocycles. The first-order valence-corrected chi connectivity index (χ1v) is 8.73. The van der Waals surface area contributed by atoms with Crippen LogP contribution in [0.3, 0.4) is 0 Å². The zero-order chi connectivity index (χ0) is 15.7. The third-order valence-corrected chi connectivity index (χ3v) is 5.96. The molecule has 2 heterocycles. The zero-order valence-corrected chi connectivity index (χ0v) is 14.3. The van der Waals surface area contributed by atoms with Crippen LogP contribution in [0.15, 0.2) is 51.2 Å². The van der Waals surface area contributed by atoms with E-state index < -0.39 is 0 Å². The predicted molar refractivity (Wildman–Crippen MR) is 95.9 cm³/mol. The van der Waals surface area contributed by atoms with E-state index in [1.54, 1.807) is 24.9 Å². The van der Waals surface area contributed by atoms with E-state index in [9.17, 15) is 9.90 Å². The van der Waals surface area contributed by atoms with Crippen LogP contribution < -0.4 is 4.90 Å². The van der Waals surface area contributed by atoms with E-state index >= 15 is 0 Å². The zero-order valence-electron chi connectivity index (χ0n) is 11.9. The number of aliphatic hydroxyl groups is 1. The summed E-state index contributed by atoms with van der Waals surface area (Å²) in [5.74, 6) is -0.0685. The molecule has 1 amide bonds. The van der Waals surface area contributed by atoms with Gasteiger partial charge in [-0.15, -0.1) is 0 Å². The van der Waals surface area contributed by atoms with Gasteiger partial charge in [0.1, 0.15) is 4.32 Å². The van der Waals surface area contributed by atoms with Gasteiger partial charge in [0.2, 0.25) is 0 Å². The van der Waals surface area contributed by atoms with Crippen LogP contribution in [0.1, 0.15) is 0 Å². The Bertz CT molecular complexity index is 700. The number of aliphatic hydroxyl groups excluding tert-OH is 1. The summed E-state index contributed by atoms with van der Waals surface area (Å²) in [4.78, 5) is 17.3. The minimum Gasteiger partial charge on any atom is -0.395 e. The largest absolute Gasteiger partial charge is 0.395 e. The van der Waals surface area contributed by atoms with Gasteiger partial charge in [-0.05, 0) is 24.3 Å². The lowest BCUT2D eigenvalue weighted by molar-refractivity contribution is -0.121. The van der Waals surface area contributed by atoms with Crippen LogP contribution in [0.4, 0.5) is 5.69 Å². The number of allylic oxidation sites excluding steroid dienone is 2. The Kier molecular flexibility index (Phi) is 4.58. The number of para-hydroxylation sites is 1. The third kappa shape index (κ3) is 2.81. The standard InChI is InChI=1S/C15H14N2O2S3/c1-16-14(19)12(22-15(16)20)6-7-13-17(8-9-18)10-4-2-3-5-11(10)21-13/h2-7,18H,8-9H2,1H3/b12-6+,13-7+. The van der Waals surface area contributed by atoms with Crippen LogP contribution in [-0.4, -0.2) is 40.4 Å². The summed E-state index contributed by atoms with van der Waals surface area (Å²) in [6.07, 6.45) is 3.73. The fourth-order valence-corrected chi connectivity index (χ4v) is 4.43. The molecule has 0 saturated carbocycles. The number of anilines is 1. The summed E-state index contributed by atoms with van der Waals surface area (Å²) in [5, 5.41) is 10.3. The molecule has 0 spiro atoms. The molecule has 2 aliphatic rings. The molecular formula is C15H14N2O2S3. The number of fused-ring (bicyclic) bond motifs is 1. The second-order valence-corrected chi connectivity index (χ2v) is 7.45. The molecule has 0 unspecified atom stereocenters. The highest BCUT2D eigenvalue weighted by atomic mass is 32.2. The SMILES string of the molecule is CN1C(=O)/C(=C\C=C2\Sc3ccccc3N2CCO)SC1=S. The molecule has 1 fully saturated rings. The number of thioether (sulfide) groups is 2. The first-order chi connectivity index (χ1) is 10.6. The highest BCUT2D eigenvalue weighted by molar-refractivity contribution is 8.26. The Morgan fingerprint density at radius 1 is 1.27 bits per heavy atom. The lowest BCUT2D eigenvalue weighted by Crippen LogP contribution is -2.22. The maximum atomic E-state index is 12.0. The van der Waals surface area contributed by atoms with Gasteiger partial charge in [0, 0.05) is 18.5 Å². The van der Waals surface area contributed by atoms with Crippen molar-refractivity contribution in [2.45, 2.75) is 4.90 Å². The van der Waals surface area contributed by atoms with Gasteiger partial charge in [0.25, 0.3) is 5.91 Å². The number of likely N-dealkylation sites (N-methyl/N-ethyl adjacent to an activating group) is 1. The summed E-state index contributed by atoms with van der Waals surface area (Å²) in [5.41, 5.74) is 1.09. The number of hydrogen-bond acceptors (Lipinski definition) is 6. The first kappa shape index (κ1) is 15.6. The minimum atomic E-state index is -0.0685. The van der Waals surface area contributed by atoms with Crippen molar-refractivity contribution in [3.05, 3.63) is 46.4 Å². The topological polar surface area (TPSA) is 43.8 Å². The van der Waals surface area contributed by atoms with Crippen molar-refractivity contribution in [3.8, 4) is 0 Å². The quantitative estimate of drug-likeness (QED) is 0.668. The maximum absolute atomic E-state index is 12.0. The lowest BCUT2D eigenvalue weighted by Gasteiger charge is -2.18. The normalized spacial score (nSPS) is 21.4. The van der Waals surface area contributed by atoms with Gasteiger partial charge in [-0.2, -0.15) is 0 Å². The van der Waals surface area contributed by atoms with E-state index in [2.05, 4.69) is 11.0 Å². The summed E-state index contributed by atoms with van der Waals surface area (Å²) in [6.45, 7) is 0.599. The second kappa shape index (κ2) is 6.45. The molecule has 4 nitrogen and oxygen atoms in total. The van der Waals surface area contributed by atoms with Gasteiger partial charge in [0.05, 0.1) is 22.2 Å². The average Bonchev–Trinajstić information content (AvgIpc) is 2.99. The van der Waals surface area contributed by atoms with Crippen LogP contribution in [0, 0.1) is 0 Å². The maximum Gasteiger partial charge on any atom is 0.265 e. The Morgan fingerprint density at radius 3 is 2.73 bits per heavy atom. The molecule has 114 valence electrons.